The first-order valence-electron chi connectivity index (χ1n) is 9.10. The number of rotatable bonds is 4. The molecular formula is C24H20N2O2. The third-order valence-electron chi connectivity index (χ3n) is 4.69. The molecule has 4 rings (SSSR count). The topological polar surface area (TPSA) is 61.4 Å². The van der Waals surface area contributed by atoms with E-state index >= 15 is 0 Å². The number of amides is 2. The molecule has 0 atom stereocenters. The van der Waals surface area contributed by atoms with Gasteiger partial charge in [0.25, 0.3) is 0 Å². The molecule has 0 aliphatic rings. The lowest BCUT2D eigenvalue weighted by Gasteiger charge is -2.20. The van der Waals surface area contributed by atoms with E-state index in [-0.39, 0.29) is 17.8 Å². The maximum Gasteiger partial charge on any atom is 0.320 e. The third kappa shape index (κ3) is 3.67. The summed E-state index contributed by atoms with van der Waals surface area (Å²) in [4.78, 5) is 12.8. The summed E-state index contributed by atoms with van der Waals surface area (Å²) in [5.74, 6) is 0.188. The van der Waals surface area contributed by atoms with Crippen LogP contribution < -0.4 is 10.6 Å². The Morgan fingerprint density at radius 1 is 0.679 bits per heavy atom. The molecule has 138 valence electrons. The van der Waals surface area contributed by atoms with Crippen molar-refractivity contribution in [3.63, 3.8) is 0 Å². The van der Waals surface area contributed by atoms with E-state index in [1.165, 1.54) is 0 Å². The number of urea groups is 1. The van der Waals surface area contributed by atoms with E-state index in [9.17, 15) is 9.90 Å². The van der Waals surface area contributed by atoms with Gasteiger partial charge in [-0.25, -0.2) is 4.79 Å². The van der Waals surface area contributed by atoms with Crippen LogP contribution in [0, 0.1) is 0 Å². The summed E-state index contributed by atoms with van der Waals surface area (Å²) < 4.78 is 0. The van der Waals surface area contributed by atoms with Crippen LogP contribution in [0.15, 0.2) is 97.1 Å². The number of benzene rings is 4. The largest absolute Gasteiger partial charge is 0.507 e. The molecule has 0 saturated carbocycles. The minimum atomic E-state index is -0.312. The number of aromatic hydroxyl groups is 1. The molecule has 4 nitrogen and oxygen atoms in total. The van der Waals surface area contributed by atoms with Crippen molar-refractivity contribution < 1.29 is 9.90 Å². The predicted octanol–water partition coefficient (Wildman–Crippen LogP) is 5.46. The van der Waals surface area contributed by atoms with Gasteiger partial charge in [0.1, 0.15) is 5.75 Å². The molecule has 4 heteroatoms. The highest BCUT2D eigenvalue weighted by Gasteiger charge is 2.17. The Balaban J connectivity index is 1.62. The smallest absolute Gasteiger partial charge is 0.320 e. The fourth-order valence-electron chi connectivity index (χ4n) is 3.34. The first-order chi connectivity index (χ1) is 13.7. The first kappa shape index (κ1) is 17.6. The number of carbonyl (C=O) groups is 1. The second kappa shape index (κ2) is 7.84. The zero-order chi connectivity index (χ0) is 19.3. The van der Waals surface area contributed by atoms with Crippen molar-refractivity contribution in [1.82, 2.24) is 5.32 Å². The number of anilines is 1. The lowest BCUT2D eigenvalue weighted by Crippen LogP contribution is -2.33. The van der Waals surface area contributed by atoms with Crippen molar-refractivity contribution in [2.24, 2.45) is 0 Å². The Morgan fingerprint density at radius 2 is 1.25 bits per heavy atom. The monoisotopic (exact) mass is 368 g/mol. The van der Waals surface area contributed by atoms with Gasteiger partial charge >= 0.3 is 6.03 Å². The summed E-state index contributed by atoms with van der Waals surface area (Å²) in [6.07, 6.45) is 0. The van der Waals surface area contributed by atoms with Crippen LogP contribution in [0.3, 0.4) is 0 Å². The van der Waals surface area contributed by atoms with E-state index in [0.29, 0.717) is 11.1 Å². The summed E-state index contributed by atoms with van der Waals surface area (Å²) in [5.41, 5.74) is 2.64. The van der Waals surface area contributed by atoms with Crippen molar-refractivity contribution in [2.75, 3.05) is 5.32 Å². The van der Waals surface area contributed by atoms with Crippen molar-refractivity contribution >= 4 is 22.5 Å². The van der Waals surface area contributed by atoms with Crippen LogP contribution in [0.1, 0.15) is 17.2 Å². The average molecular weight is 368 g/mol. The number of phenols is 1. The molecule has 0 aliphatic carbocycles. The highest BCUT2D eigenvalue weighted by atomic mass is 16.3. The third-order valence-corrected chi connectivity index (χ3v) is 4.69. The van der Waals surface area contributed by atoms with Gasteiger partial charge in [-0.05, 0) is 23.3 Å². The van der Waals surface area contributed by atoms with E-state index in [0.717, 1.165) is 16.5 Å². The van der Waals surface area contributed by atoms with Crippen LogP contribution in [0.2, 0.25) is 0 Å². The SMILES string of the molecule is O=C(Nc1cccc2c(O)cccc12)NC(c1ccccc1)c1ccccc1. The molecule has 0 saturated heterocycles. The van der Waals surface area contributed by atoms with Crippen LogP contribution in [0.5, 0.6) is 5.75 Å². The Bertz CT molecular complexity index is 1060. The van der Waals surface area contributed by atoms with Crippen molar-refractivity contribution in [3.05, 3.63) is 108 Å². The number of phenolic OH excluding ortho intramolecular Hbond substituents is 1. The summed E-state index contributed by atoms with van der Waals surface area (Å²) in [6.45, 7) is 0. The molecule has 4 aromatic carbocycles. The van der Waals surface area contributed by atoms with Gasteiger partial charge in [0, 0.05) is 10.8 Å². The normalized spacial score (nSPS) is 10.8. The fourth-order valence-corrected chi connectivity index (χ4v) is 3.34. The molecule has 0 spiro atoms. The highest BCUT2D eigenvalue weighted by molar-refractivity contribution is 6.03. The molecule has 0 unspecified atom stereocenters. The fraction of sp³-hybridized carbons (Fsp3) is 0.0417. The maximum absolute atomic E-state index is 12.8. The van der Waals surface area contributed by atoms with Gasteiger partial charge in [-0.15, -0.1) is 0 Å². The first-order valence-corrected chi connectivity index (χ1v) is 9.10. The average Bonchev–Trinajstić information content (AvgIpc) is 2.74. The summed E-state index contributed by atoms with van der Waals surface area (Å²) >= 11 is 0. The number of fused-ring (bicyclic) bond motifs is 1. The van der Waals surface area contributed by atoms with Crippen molar-refractivity contribution in [2.45, 2.75) is 6.04 Å². The lowest BCUT2D eigenvalue weighted by molar-refractivity contribution is 0.250. The van der Waals surface area contributed by atoms with E-state index in [1.54, 1.807) is 12.1 Å². The minimum Gasteiger partial charge on any atom is -0.507 e. The molecule has 28 heavy (non-hydrogen) atoms. The van der Waals surface area contributed by atoms with Gasteiger partial charge in [-0.3, -0.25) is 0 Å². The van der Waals surface area contributed by atoms with Crippen LogP contribution in [0.4, 0.5) is 10.5 Å². The summed E-state index contributed by atoms with van der Waals surface area (Å²) in [5, 5.41) is 17.5. The van der Waals surface area contributed by atoms with Crippen molar-refractivity contribution in [1.29, 1.82) is 0 Å². The van der Waals surface area contributed by atoms with Gasteiger partial charge in [0.2, 0.25) is 0 Å². The van der Waals surface area contributed by atoms with Gasteiger partial charge in [-0.1, -0.05) is 84.9 Å². The Labute approximate surface area is 163 Å². The van der Waals surface area contributed by atoms with Gasteiger partial charge < -0.3 is 15.7 Å². The molecular weight excluding hydrogens is 348 g/mol. The number of hydrogen-bond acceptors (Lipinski definition) is 2. The van der Waals surface area contributed by atoms with Crippen molar-refractivity contribution in [3.8, 4) is 5.75 Å². The molecule has 4 aromatic rings. The zero-order valence-corrected chi connectivity index (χ0v) is 15.2. The van der Waals surface area contributed by atoms with E-state index in [4.69, 9.17) is 0 Å². The van der Waals surface area contributed by atoms with Crippen LogP contribution >= 0.6 is 0 Å². The van der Waals surface area contributed by atoms with Gasteiger partial charge in [0.15, 0.2) is 0 Å². The predicted molar refractivity (Wildman–Crippen MR) is 112 cm³/mol. The molecule has 0 heterocycles. The van der Waals surface area contributed by atoms with E-state index < -0.39 is 0 Å². The lowest BCUT2D eigenvalue weighted by atomic mass is 9.99. The number of carbonyl (C=O) groups excluding carboxylic acids is 1. The van der Waals surface area contributed by atoms with Crippen LogP contribution in [0.25, 0.3) is 10.8 Å². The minimum absolute atomic E-state index is 0.188. The number of hydrogen-bond donors (Lipinski definition) is 3. The molecule has 2 amide bonds. The Morgan fingerprint density at radius 3 is 1.89 bits per heavy atom. The molecule has 0 fully saturated rings. The van der Waals surface area contributed by atoms with E-state index in [1.807, 2.05) is 84.9 Å². The second-order valence-electron chi connectivity index (χ2n) is 6.53. The quantitative estimate of drug-likeness (QED) is 0.448. The zero-order valence-electron chi connectivity index (χ0n) is 15.2. The van der Waals surface area contributed by atoms with Crippen LogP contribution in [-0.2, 0) is 0 Å². The molecule has 0 aliphatic heterocycles. The van der Waals surface area contributed by atoms with E-state index in [2.05, 4.69) is 10.6 Å². The van der Waals surface area contributed by atoms with Crippen LogP contribution in [-0.4, -0.2) is 11.1 Å². The molecule has 0 aromatic heterocycles. The maximum atomic E-state index is 12.8. The molecule has 0 bridgehead atoms. The Kier molecular flexibility index (Phi) is 4.93. The summed E-state index contributed by atoms with van der Waals surface area (Å²) in [6, 6.07) is 29.8. The van der Waals surface area contributed by atoms with Gasteiger partial charge in [-0.2, -0.15) is 0 Å². The number of nitrogens with one attached hydrogen (secondary N) is 2. The molecule has 3 N–H and O–H groups in total. The standard InChI is InChI=1S/C24H20N2O2/c27-22-16-8-13-19-20(22)14-7-15-21(19)25-24(28)26-23(17-9-3-1-4-10-17)18-11-5-2-6-12-18/h1-16,23,27H,(H2,25,26,28). The Hall–Kier alpha value is -3.79. The summed E-state index contributed by atoms with van der Waals surface area (Å²) in [7, 11) is 0. The van der Waals surface area contributed by atoms with Gasteiger partial charge in [0.05, 0.1) is 11.7 Å². The second-order valence-corrected chi connectivity index (χ2v) is 6.53. The highest BCUT2D eigenvalue weighted by Crippen LogP contribution is 2.30. The molecule has 0 radical (unpaired) electrons.